The lowest BCUT2D eigenvalue weighted by atomic mass is 9.74. The largest absolute Gasteiger partial charge is 0.478 e. The van der Waals surface area contributed by atoms with E-state index in [-0.39, 0.29) is 11.1 Å². The van der Waals surface area contributed by atoms with Crippen LogP contribution in [-0.4, -0.2) is 22.2 Å². The van der Waals surface area contributed by atoms with E-state index >= 15 is 0 Å². The molecule has 3 aromatic rings. The van der Waals surface area contributed by atoms with Crippen molar-refractivity contribution >= 4 is 11.9 Å². The Balaban J connectivity index is 2.17. The Hall–Kier alpha value is -3.40. The molecule has 4 rings (SSSR count). The molecule has 1 saturated carbocycles. The first-order chi connectivity index (χ1) is 15.9. The molecular formula is C29H30O4. The molecule has 1 aliphatic carbocycles. The Labute approximate surface area is 194 Å². The summed E-state index contributed by atoms with van der Waals surface area (Å²) in [5, 5.41) is 20.0. The van der Waals surface area contributed by atoms with Crippen molar-refractivity contribution in [3.63, 3.8) is 0 Å². The van der Waals surface area contributed by atoms with Gasteiger partial charge in [0.2, 0.25) is 0 Å². The van der Waals surface area contributed by atoms with E-state index in [1.807, 2.05) is 24.3 Å². The van der Waals surface area contributed by atoms with E-state index < -0.39 is 11.9 Å². The van der Waals surface area contributed by atoms with Gasteiger partial charge in [-0.05, 0) is 83.2 Å². The van der Waals surface area contributed by atoms with Gasteiger partial charge in [-0.25, -0.2) is 9.59 Å². The van der Waals surface area contributed by atoms with Gasteiger partial charge in [0.25, 0.3) is 0 Å². The normalized spacial score (nSPS) is 14.2. The number of aromatic carboxylic acids is 2. The Morgan fingerprint density at radius 1 is 0.818 bits per heavy atom. The zero-order valence-electron chi connectivity index (χ0n) is 19.2. The summed E-state index contributed by atoms with van der Waals surface area (Å²) in [6.45, 7) is 4.18. The predicted molar refractivity (Wildman–Crippen MR) is 131 cm³/mol. The van der Waals surface area contributed by atoms with Crippen molar-refractivity contribution in [1.29, 1.82) is 0 Å². The first-order valence-corrected chi connectivity index (χ1v) is 11.8. The standard InChI is InChI=1S/C29H30O4/c1-3-19-17-18(2)25(20-11-5-4-6-12-20)27(22-14-8-10-16-24(22)29(32)33)26(19)21-13-7-9-15-23(21)28(30)31/h7-10,13-17,20H,3-6,11-12H2,1-2H3,(H,30,31)(H,32,33). The number of carbonyl (C=O) groups is 2. The maximum atomic E-state index is 12.3. The molecule has 33 heavy (non-hydrogen) atoms. The molecule has 170 valence electrons. The highest BCUT2D eigenvalue weighted by Gasteiger charge is 2.28. The van der Waals surface area contributed by atoms with E-state index in [2.05, 4.69) is 19.9 Å². The molecule has 4 nitrogen and oxygen atoms in total. The van der Waals surface area contributed by atoms with Crippen LogP contribution in [0.3, 0.4) is 0 Å². The summed E-state index contributed by atoms with van der Waals surface area (Å²) in [7, 11) is 0. The Bertz CT molecular complexity index is 1200. The van der Waals surface area contributed by atoms with E-state index in [9.17, 15) is 19.8 Å². The summed E-state index contributed by atoms with van der Waals surface area (Å²) in [5.74, 6) is -1.63. The number of rotatable bonds is 6. The molecule has 1 aliphatic rings. The lowest BCUT2D eigenvalue weighted by molar-refractivity contribution is 0.0686. The fourth-order valence-corrected chi connectivity index (χ4v) is 5.46. The van der Waals surface area contributed by atoms with Gasteiger partial charge in [0.05, 0.1) is 11.1 Å². The number of carboxylic acids is 2. The molecular weight excluding hydrogens is 412 g/mol. The Morgan fingerprint density at radius 3 is 1.85 bits per heavy atom. The van der Waals surface area contributed by atoms with Gasteiger partial charge in [-0.1, -0.05) is 68.7 Å². The zero-order valence-corrected chi connectivity index (χ0v) is 19.2. The monoisotopic (exact) mass is 442 g/mol. The van der Waals surface area contributed by atoms with E-state index in [0.29, 0.717) is 17.0 Å². The van der Waals surface area contributed by atoms with Crippen molar-refractivity contribution in [2.75, 3.05) is 0 Å². The van der Waals surface area contributed by atoms with Crippen molar-refractivity contribution in [3.8, 4) is 22.3 Å². The molecule has 0 radical (unpaired) electrons. The summed E-state index contributed by atoms with van der Waals surface area (Å²) >= 11 is 0. The molecule has 0 spiro atoms. The third kappa shape index (κ3) is 4.30. The second-order valence-electron chi connectivity index (χ2n) is 8.91. The maximum absolute atomic E-state index is 12.3. The number of hydrogen-bond donors (Lipinski definition) is 2. The fraction of sp³-hybridized carbons (Fsp3) is 0.310. The number of hydrogen-bond acceptors (Lipinski definition) is 2. The third-order valence-electron chi connectivity index (χ3n) is 6.90. The number of aryl methyl sites for hydroxylation is 2. The summed E-state index contributed by atoms with van der Waals surface area (Å²) in [4.78, 5) is 24.4. The summed E-state index contributed by atoms with van der Waals surface area (Å²) in [6.07, 6.45) is 6.38. The van der Waals surface area contributed by atoms with Crippen LogP contribution in [0.2, 0.25) is 0 Å². The summed E-state index contributed by atoms with van der Waals surface area (Å²) < 4.78 is 0. The van der Waals surface area contributed by atoms with Crippen LogP contribution in [0.15, 0.2) is 54.6 Å². The van der Waals surface area contributed by atoms with Gasteiger partial charge in [-0.15, -0.1) is 0 Å². The third-order valence-corrected chi connectivity index (χ3v) is 6.90. The average molecular weight is 443 g/mol. The van der Waals surface area contributed by atoms with Crippen LogP contribution in [0, 0.1) is 6.92 Å². The first-order valence-electron chi connectivity index (χ1n) is 11.8. The minimum Gasteiger partial charge on any atom is -0.478 e. The van der Waals surface area contributed by atoms with Crippen LogP contribution in [0.1, 0.15) is 82.4 Å². The first kappa shape index (κ1) is 22.8. The van der Waals surface area contributed by atoms with Gasteiger partial charge < -0.3 is 10.2 Å². The molecule has 0 bridgehead atoms. The van der Waals surface area contributed by atoms with E-state index in [1.165, 1.54) is 12.0 Å². The molecule has 3 aromatic carbocycles. The van der Waals surface area contributed by atoms with Crippen LogP contribution in [0.25, 0.3) is 22.3 Å². The molecule has 4 heteroatoms. The zero-order chi connectivity index (χ0) is 23.5. The number of benzene rings is 3. The highest BCUT2D eigenvalue weighted by Crippen LogP contribution is 2.47. The molecule has 2 N–H and O–H groups in total. The minimum absolute atomic E-state index is 0.236. The number of carboxylic acid groups (broad SMARTS) is 2. The smallest absolute Gasteiger partial charge is 0.336 e. The van der Waals surface area contributed by atoms with Crippen molar-refractivity contribution in [3.05, 3.63) is 82.4 Å². The van der Waals surface area contributed by atoms with Gasteiger partial charge in [0.1, 0.15) is 0 Å². The lowest BCUT2D eigenvalue weighted by Gasteiger charge is -2.30. The highest BCUT2D eigenvalue weighted by molar-refractivity contribution is 6.04. The highest BCUT2D eigenvalue weighted by atomic mass is 16.4. The average Bonchev–Trinajstić information content (AvgIpc) is 2.83. The van der Waals surface area contributed by atoms with Gasteiger partial charge in [0, 0.05) is 0 Å². The Morgan fingerprint density at radius 2 is 1.33 bits per heavy atom. The molecule has 0 saturated heterocycles. The predicted octanol–water partition coefficient (Wildman–Crippen LogP) is 7.34. The van der Waals surface area contributed by atoms with Crippen LogP contribution >= 0.6 is 0 Å². The van der Waals surface area contributed by atoms with Crippen LogP contribution in [0.5, 0.6) is 0 Å². The SMILES string of the molecule is CCc1cc(C)c(C2CCCCC2)c(-c2ccccc2C(=O)O)c1-c1ccccc1C(=O)O. The van der Waals surface area contributed by atoms with Crippen molar-refractivity contribution < 1.29 is 19.8 Å². The van der Waals surface area contributed by atoms with Crippen molar-refractivity contribution in [2.45, 2.75) is 58.3 Å². The summed E-state index contributed by atoms with van der Waals surface area (Å²) in [5.41, 5.74) is 6.92. The van der Waals surface area contributed by atoms with Gasteiger partial charge >= 0.3 is 11.9 Å². The molecule has 1 fully saturated rings. The van der Waals surface area contributed by atoms with Gasteiger partial charge in [-0.3, -0.25) is 0 Å². The van der Waals surface area contributed by atoms with E-state index in [1.54, 1.807) is 24.3 Å². The minimum atomic E-state index is -0.982. The van der Waals surface area contributed by atoms with Crippen LogP contribution < -0.4 is 0 Å². The second kappa shape index (κ2) is 9.62. The molecule has 0 amide bonds. The summed E-state index contributed by atoms with van der Waals surface area (Å²) in [6, 6.07) is 16.4. The van der Waals surface area contributed by atoms with E-state index in [0.717, 1.165) is 54.4 Å². The fourth-order valence-electron chi connectivity index (χ4n) is 5.46. The van der Waals surface area contributed by atoms with Gasteiger partial charge in [-0.2, -0.15) is 0 Å². The maximum Gasteiger partial charge on any atom is 0.336 e. The lowest BCUT2D eigenvalue weighted by Crippen LogP contribution is -2.12. The molecule has 0 heterocycles. The molecule has 0 aromatic heterocycles. The molecule has 0 unspecified atom stereocenters. The quantitative estimate of drug-likeness (QED) is 0.419. The molecule has 0 atom stereocenters. The topological polar surface area (TPSA) is 74.6 Å². The van der Waals surface area contributed by atoms with Crippen LogP contribution in [-0.2, 0) is 6.42 Å². The van der Waals surface area contributed by atoms with Crippen LogP contribution in [0.4, 0.5) is 0 Å². The van der Waals surface area contributed by atoms with E-state index in [4.69, 9.17) is 0 Å². The Kier molecular flexibility index (Phi) is 6.64. The molecule has 0 aliphatic heterocycles. The van der Waals surface area contributed by atoms with Gasteiger partial charge in [0.15, 0.2) is 0 Å². The van der Waals surface area contributed by atoms with Crippen molar-refractivity contribution in [1.82, 2.24) is 0 Å². The second-order valence-corrected chi connectivity index (χ2v) is 8.91. The van der Waals surface area contributed by atoms with Crippen molar-refractivity contribution in [2.24, 2.45) is 0 Å².